The molecule has 1 atom stereocenters. The summed E-state index contributed by atoms with van der Waals surface area (Å²) in [6.45, 7) is 2.81. The van der Waals surface area contributed by atoms with Crippen LogP contribution in [-0.2, 0) is 16.0 Å². The van der Waals surface area contributed by atoms with Crippen molar-refractivity contribution >= 4 is 11.9 Å². The molecule has 2 rings (SSSR count). The number of methoxy groups -OCH3 is 1. The molecule has 5 nitrogen and oxygen atoms in total. The molecule has 2 aromatic carbocycles. The van der Waals surface area contributed by atoms with Gasteiger partial charge in [0, 0.05) is 12.0 Å². The van der Waals surface area contributed by atoms with E-state index in [-0.39, 0.29) is 5.91 Å². The maximum Gasteiger partial charge on any atom is 0.328 e. The lowest BCUT2D eigenvalue weighted by atomic mass is 10.1. The fourth-order valence-electron chi connectivity index (χ4n) is 2.67. The second kappa shape index (κ2) is 11.0. The molecule has 0 saturated carbocycles. The summed E-state index contributed by atoms with van der Waals surface area (Å²) >= 11 is 0. The van der Waals surface area contributed by atoms with Crippen LogP contribution in [0, 0.1) is 0 Å². The first-order chi connectivity index (χ1) is 13.1. The van der Waals surface area contributed by atoms with Gasteiger partial charge in [-0.25, -0.2) is 4.79 Å². The van der Waals surface area contributed by atoms with E-state index in [1.54, 1.807) is 24.3 Å². The van der Waals surface area contributed by atoms with Crippen LogP contribution in [0.5, 0.6) is 5.75 Å². The Morgan fingerprint density at radius 1 is 1.00 bits per heavy atom. The summed E-state index contributed by atoms with van der Waals surface area (Å²) in [7, 11) is 1.32. The number of carbonyl (C=O) groups excluding carboxylic acids is 2. The fourth-order valence-corrected chi connectivity index (χ4v) is 2.67. The van der Waals surface area contributed by atoms with Crippen LogP contribution in [0.15, 0.2) is 54.6 Å². The minimum Gasteiger partial charge on any atom is -0.494 e. The monoisotopic (exact) mass is 369 g/mol. The van der Waals surface area contributed by atoms with E-state index in [0.29, 0.717) is 18.6 Å². The summed E-state index contributed by atoms with van der Waals surface area (Å²) in [5, 5.41) is 2.76. The van der Waals surface area contributed by atoms with Crippen LogP contribution in [0.1, 0.15) is 42.1 Å². The molecule has 0 fully saturated rings. The quantitative estimate of drug-likeness (QED) is 0.511. The predicted molar refractivity (Wildman–Crippen MR) is 105 cm³/mol. The molecule has 0 heterocycles. The third-order valence-electron chi connectivity index (χ3n) is 4.21. The van der Waals surface area contributed by atoms with Crippen molar-refractivity contribution in [3.8, 4) is 5.75 Å². The molecule has 1 amide bonds. The topological polar surface area (TPSA) is 64.6 Å². The van der Waals surface area contributed by atoms with Crippen molar-refractivity contribution in [3.05, 3.63) is 65.7 Å². The van der Waals surface area contributed by atoms with Gasteiger partial charge in [0.2, 0.25) is 0 Å². The second-order valence-electron chi connectivity index (χ2n) is 6.32. The first-order valence-electron chi connectivity index (χ1n) is 9.29. The highest BCUT2D eigenvalue weighted by molar-refractivity contribution is 5.96. The fraction of sp³-hybridized carbons (Fsp3) is 0.364. The van der Waals surface area contributed by atoms with E-state index in [0.717, 1.165) is 30.6 Å². The Labute approximate surface area is 160 Å². The third-order valence-corrected chi connectivity index (χ3v) is 4.21. The van der Waals surface area contributed by atoms with Gasteiger partial charge in [0.25, 0.3) is 5.91 Å². The molecule has 0 aliphatic heterocycles. The number of esters is 1. The van der Waals surface area contributed by atoms with Crippen LogP contribution >= 0.6 is 0 Å². The maximum absolute atomic E-state index is 12.5. The van der Waals surface area contributed by atoms with Gasteiger partial charge in [0.05, 0.1) is 13.7 Å². The van der Waals surface area contributed by atoms with Gasteiger partial charge in [-0.05, 0) is 36.2 Å². The predicted octanol–water partition coefficient (Wildman–Crippen LogP) is 3.77. The Bertz CT molecular complexity index is 713. The lowest BCUT2D eigenvalue weighted by Crippen LogP contribution is -2.43. The van der Waals surface area contributed by atoms with Crippen molar-refractivity contribution in [2.75, 3.05) is 13.7 Å². The van der Waals surface area contributed by atoms with E-state index < -0.39 is 12.0 Å². The van der Waals surface area contributed by atoms with E-state index in [2.05, 4.69) is 12.2 Å². The van der Waals surface area contributed by atoms with Crippen molar-refractivity contribution < 1.29 is 19.1 Å². The zero-order chi connectivity index (χ0) is 19.5. The molecule has 1 N–H and O–H groups in total. The van der Waals surface area contributed by atoms with Gasteiger partial charge in [-0.2, -0.15) is 0 Å². The lowest BCUT2D eigenvalue weighted by molar-refractivity contribution is -0.142. The maximum atomic E-state index is 12.5. The molecule has 0 radical (unpaired) electrons. The van der Waals surface area contributed by atoms with Crippen molar-refractivity contribution in [2.24, 2.45) is 0 Å². The first-order valence-corrected chi connectivity index (χ1v) is 9.29. The van der Waals surface area contributed by atoms with Crippen LogP contribution in [0.3, 0.4) is 0 Å². The standard InChI is InChI=1S/C22H27NO4/c1-3-4-8-15-27-19-13-11-18(12-14-19)21(24)23-20(22(25)26-2)16-17-9-6-5-7-10-17/h5-7,9-14,20H,3-4,8,15-16H2,1-2H3,(H,23,24). The molecular formula is C22H27NO4. The van der Waals surface area contributed by atoms with E-state index in [1.165, 1.54) is 7.11 Å². The molecular weight excluding hydrogens is 342 g/mol. The SMILES string of the molecule is CCCCCOc1ccc(C(=O)NC(Cc2ccccc2)C(=O)OC)cc1. The van der Waals surface area contributed by atoms with Crippen LogP contribution in [0.2, 0.25) is 0 Å². The number of rotatable bonds is 10. The summed E-state index contributed by atoms with van der Waals surface area (Å²) in [6.07, 6.45) is 3.67. The highest BCUT2D eigenvalue weighted by atomic mass is 16.5. The molecule has 0 spiro atoms. The largest absolute Gasteiger partial charge is 0.494 e. The van der Waals surface area contributed by atoms with E-state index in [9.17, 15) is 9.59 Å². The summed E-state index contributed by atoms with van der Waals surface area (Å²) in [4.78, 5) is 24.6. The summed E-state index contributed by atoms with van der Waals surface area (Å²) in [5.41, 5.74) is 1.42. The molecule has 27 heavy (non-hydrogen) atoms. The summed E-state index contributed by atoms with van der Waals surface area (Å²) in [6, 6.07) is 15.7. The molecule has 144 valence electrons. The number of nitrogens with one attached hydrogen (secondary N) is 1. The highest BCUT2D eigenvalue weighted by Crippen LogP contribution is 2.14. The van der Waals surface area contributed by atoms with Gasteiger partial charge in [-0.15, -0.1) is 0 Å². The van der Waals surface area contributed by atoms with Crippen molar-refractivity contribution in [1.29, 1.82) is 0 Å². The van der Waals surface area contributed by atoms with Crippen LogP contribution in [0.4, 0.5) is 0 Å². The molecule has 0 aliphatic rings. The summed E-state index contributed by atoms with van der Waals surface area (Å²) in [5.74, 6) is -0.0570. The molecule has 0 bridgehead atoms. The number of ether oxygens (including phenoxy) is 2. The second-order valence-corrected chi connectivity index (χ2v) is 6.32. The number of carbonyl (C=O) groups is 2. The normalized spacial score (nSPS) is 11.5. The lowest BCUT2D eigenvalue weighted by Gasteiger charge is -2.17. The Hall–Kier alpha value is -2.82. The number of hydrogen-bond donors (Lipinski definition) is 1. The summed E-state index contributed by atoms with van der Waals surface area (Å²) < 4.78 is 10.5. The number of hydrogen-bond acceptors (Lipinski definition) is 4. The van der Waals surface area contributed by atoms with Crippen molar-refractivity contribution in [3.63, 3.8) is 0 Å². The Kier molecular flexibility index (Phi) is 8.36. The zero-order valence-corrected chi connectivity index (χ0v) is 15.9. The molecule has 5 heteroatoms. The number of amides is 1. The minimum absolute atomic E-state index is 0.320. The number of benzene rings is 2. The third kappa shape index (κ3) is 6.77. The molecule has 1 unspecified atom stereocenters. The van der Waals surface area contributed by atoms with E-state index in [1.807, 2.05) is 30.3 Å². The van der Waals surface area contributed by atoms with Gasteiger partial charge in [0.1, 0.15) is 11.8 Å². The smallest absolute Gasteiger partial charge is 0.328 e. The number of unbranched alkanes of at least 4 members (excludes halogenated alkanes) is 2. The molecule has 0 aromatic heterocycles. The Morgan fingerprint density at radius 3 is 2.33 bits per heavy atom. The minimum atomic E-state index is -0.741. The van der Waals surface area contributed by atoms with Crippen LogP contribution in [-0.4, -0.2) is 31.6 Å². The Balaban J connectivity index is 1.96. The van der Waals surface area contributed by atoms with Crippen molar-refractivity contribution in [1.82, 2.24) is 5.32 Å². The van der Waals surface area contributed by atoms with Gasteiger partial charge in [0.15, 0.2) is 0 Å². The van der Waals surface area contributed by atoms with Gasteiger partial charge < -0.3 is 14.8 Å². The average molecular weight is 369 g/mol. The van der Waals surface area contributed by atoms with Gasteiger partial charge in [-0.1, -0.05) is 50.1 Å². The molecule has 2 aromatic rings. The molecule has 0 saturated heterocycles. The zero-order valence-electron chi connectivity index (χ0n) is 15.9. The van der Waals surface area contributed by atoms with E-state index in [4.69, 9.17) is 9.47 Å². The van der Waals surface area contributed by atoms with Crippen molar-refractivity contribution in [2.45, 2.75) is 38.6 Å². The van der Waals surface area contributed by atoms with Gasteiger partial charge >= 0.3 is 5.97 Å². The van der Waals surface area contributed by atoms with Crippen LogP contribution in [0.25, 0.3) is 0 Å². The molecule has 0 aliphatic carbocycles. The Morgan fingerprint density at radius 2 is 1.70 bits per heavy atom. The first kappa shape index (κ1) is 20.5. The van der Waals surface area contributed by atoms with Gasteiger partial charge in [-0.3, -0.25) is 4.79 Å². The van der Waals surface area contributed by atoms with E-state index >= 15 is 0 Å². The average Bonchev–Trinajstić information content (AvgIpc) is 2.71. The highest BCUT2D eigenvalue weighted by Gasteiger charge is 2.22. The van der Waals surface area contributed by atoms with Crippen LogP contribution < -0.4 is 10.1 Å².